The molecule has 2 aromatic carbocycles. The van der Waals surface area contributed by atoms with Crippen LogP contribution in [-0.4, -0.2) is 32.1 Å². The third-order valence-electron chi connectivity index (χ3n) is 5.16. The van der Waals surface area contributed by atoms with E-state index in [1.54, 1.807) is 18.2 Å². The predicted octanol–water partition coefficient (Wildman–Crippen LogP) is 2.18. The summed E-state index contributed by atoms with van der Waals surface area (Å²) < 4.78 is 68.4. The Kier molecular flexibility index (Phi) is 6.46. The van der Waals surface area contributed by atoms with Gasteiger partial charge in [0.05, 0.1) is 0 Å². The molecule has 2 unspecified atom stereocenters. The van der Waals surface area contributed by atoms with Crippen LogP contribution in [0.25, 0.3) is 10.9 Å². The fourth-order valence-electron chi connectivity index (χ4n) is 3.47. The zero-order valence-electron chi connectivity index (χ0n) is 16.9. The summed E-state index contributed by atoms with van der Waals surface area (Å²) >= 11 is 5.57. The molecule has 0 bridgehead atoms. The van der Waals surface area contributed by atoms with Gasteiger partial charge in [0, 0.05) is 0 Å². The summed E-state index contributed by atoms with van der Waals surface area (Å²) in [6.45, 7) is 1.27. The summed E-state index contributed by atoms with van der Waals surface area (Å²) in [5.41, 5.74) is -0.0108. The number of hydrogen-bond donors (Lipinski definition) is 0. The maximum absolute atomic E-state index is 14.5. The Morgan fingerprint density at radius 1 is 1.22 bits per heavy atom. The Morgan fingerprint density at radius 2 is 1.91 bits per heavy atom. The molecule has 0 saturated carbocycles. The van der Waals surface area contributed by atoms with Crippen LogP contribution in [0.2, 0.25) is 5.02 Å². The SMILES string of the molecule is CC(F)(F)c1ccc(S(=O)(=O)n2nc(N3CCCC(F)(P)[I-]C3)c3c(Cl)cccc32)cc1. The van der Waals surface area contributed by atoms with Crippen molar-refractivity contribution in [2.45, 2.75) is 34.0 Å². The average molecular weight is 617 g/mol. The van der Waals surface area contributed by atoms with Gasteiger partial charge in [-0.2, -0.15) is 0 Å². The Morgan fingerprint density at radius 3 is 2.56 bits per heavy atom. The molecule has 2 heterocycles. The van der Waals surface area contributed by atoms with Gasteiger partial charge in [-0.3, -0.25) is 0 Å². The van der Waals surface area contributed by atoms with Crippen molar-refractivity contribution in [3.63, 3.8) is 0 Å². The van der Waals surface area contributed by atoms with Crippen LogP contribution < -0.4 is 26.1 Å². The molecule has 1 aromatic heterocycles. The monoisotopic (exact) mass is 616 g/mol. The van der Waals surface area contributed by atoms with E-state index in [9.17, 15) is 21.6 Å². The zero-order valence-corrected chi connectivity index (χ0v) is 21.8. The Bertz CT molecular complexity index is 1260. The quantitative estimate of drug-likeness (QED) is 0.195. The van der Waals surface area contributed by atoms with Crippen LogP contribution >= 0.6 is 20.8 Å². The van der Waals surface area contributed by atoms with Crippen molar-refractivity contribution in [1.29, 1.82) is 0 Å². The van der Waals surface area contributed by atoms with Crippen molar-refractivity contribution in [3.8, 4) is 0 Å². The van der Waals surface area contributed by atoms with Gasteiger partial charge < -0.3 is 0 Å². The van der Waals surface area contributed by atoms with Gasteiger partial charge in [-0.15, -0.1) is 0 Å². The van der Waals surface area contributed by atoms with Gasteiger partial charge in [-0.1, -0.05) is 0 Å². The van der Waals surface area contributed by atoms with E-state index in [1.165, 1.54) is 0 Å². The molecule has 1 aliphatic heterocycles. The van der Waals surface area contributed by atoms with Gasteiger partial charge in [-0.05, 0) is 0 Å². The number of halogens is 5. The molecule has 2 atom stereocenters. The second-order valence-corrected chi connectivity index (χ2v) is 15.1. The third-order valence-corrected chi connectivity index (χ3v) is 11.4. The van der Waals surface area contributed by atoms with E-state index in [0.717, 1.165) is 35.3 Å². The van der Waals surface area contributed by atoms with E-state index in [4.69, 9.17) is 11.6 Å². The van der Waals surface area contributed by atoms with Crippen LogP contribution in [0.5, 0.6) is 0 Å². The van der Waals surface area contributed by atoms with Crippen LogP contribution in [0.1, 0.15) is 25.3 Å². The number of rotatable bonds is 4. The van der Waals surface area contributed by atoms with Gasteiger partial charge in [0.25, 0.3) is 0 Å². The first-order valence-electron chi connectivity index (χ1n) is 9.64. The molecule has 32 heavy (non-hydrogen) atoms. The Balaban J connectivity index is 1.82. The van der Waals surface area contributed by atoms with E-state index in [0.29, 0.717) is 40.2 Å². The van der Waals surface area contributed by atoms with Crippen LogP contribution in [0.15, 0.2) is 47.4 Å². The van der Waals surface area contributed by atoms with Crippen molar-refractivity contribution in [1.82, 2.24) is 9.19 Å². The molecule has 174 valence electrons. The Labute approximate surface area is 201 Å². The number of aromatic nitrogens is 2. The van der Waals surface area contributed by atoms with Crippen molar-refractivity contribution >= 4 is 47.6 Å². The van der Waals surface area contributed by atoms with E-state index in [2.05, 4.69) is 14.3 Å². The molecule has 1 aliphatic rings. The first-order valence-corrected chi connectivity index (χ1v) is 14.6. The van der Waals surface area contributed by atoms with E-state index < -0.39 is 40.6 Å². The number of benzene rings is 2. The molecule has 1 saturated heterocycles. The summed E-state index contributed by atoms with van der Waals surface area (Å²) in [6.07, 6.45) is 1.01. The standard InChI is InChI=1S/C20H20ClF3IN3O2PS/c1-19(22,23)13-6-8-14(9-7-13)32(29,30)28-16-5-2-4-15(21)17(16)18(26-28)27-11-3-10-20(24,31)25-12-27/h2,4-9H,3,10-12,31H2,1H3/q-1. The molecule has 0 radical (unpaired) electrons. The number of alkyl halides is 5. The van der Waals surface area contributed by atoms with E-state index in [-0.39, 0.29) is 16.0 Å². The number of nitrogens with zero attached hydrogens (tertiary/aromatic N) is 3. The minimum atomic E-state index is -4.19. The van der Waals surface area contributed by atoms with Crippen molar-refractivity contribution in [2.75, 3.05) is 16.0 Å². The fraction of sp³-hybridized carbons (Fsp3) is 0.350. The van der Waals surface area contributed by atoms with E-state index >= 15 is 0 Å². The zero-order chi connectivity index (χ0) is 23.3. The van der Waals surface area contributed by atoms with Gasteiger partial charge in [0.2, 0.25) is 0 Å². The molecule has 0 N–H and O–H groups in total. The molecule has 4 rings (SSSR count). The topological polar surface area (TPSA) is 55.2 Å². The second kappa shape index (κ2) is 8.60. The van der Waals surface area contributed by atoms with Crippen LogP contribution in [0.3, 0.4) is 0 Å². The summed E-state index contributed by atoms with van der Waals surface area (Å²) in [4.78, 5) is 1.72. The molecule has 3 aromatic rings. The van der Waals surface area contributed by atoms with Crippen LogP contribution in [0, 0.1) is 0 Å². The van der Waals surface area contributed by atoms with Crippen molar-refractivity contribution in [3.05, 3.63) is 53.1 Å². The average Bonchev–Trinajstić information content (AvgIpc) is 3.02. The number of hydrogen-bond acceptors (Lipinski definition) is 4. The normalized spacial score (nSPS) is 20.8. The van der Waals surface area contributed by atoms with E-state index in [1.807, 2.05) is 4.90 Å². The number of anilines is 1. The minimum absolute atomic E-state index is 0.169. The molecule has 0 amide bonds. The molecule has 0 spiro atoms. The van der Waals surface area contributed by atoms with Crippen LogP contribution in [0.4, 0.5) is 19.0 Å². The summed E-state index contributed by atoms with van der Waals surface area (Å²) in [5.74, 6) is -2.70. The summed E-state index contributed by atoms with van der Waals surface area (Å²) in [5, 5.41) is 5.19. The summed E-state index contributed by atoms with van der Waals surface area (Å²) in [6, 6.07) is 9.31. The molecule has 12 heteroatoms. The molecule has 1 fully saturated rings. The van der Waals surface area contributed by atoms with Gasteiger partial charge in [0.15, 0.2) is 0 Å². The van der Waals surface area contributed by atoms with Crippen molar-refractivity contribution < 1.29 is 42.8 Å². The second-order valence-electron chi connectivity index (χ2n) is 7.60. The van der Waals surface area contributed by atoms with Crippen molar-refractivity contribution in [2.24, 2.45) is 0 Å². The van der Waals surface area contributed by atoms with Gasteiger partial charge in [0.1, 0.15) is 0 Å². The van der Waals surface area contributed by atoms with Crippen LogP contribution in [-0.2, 0) is 15.9 Å². The first kappa shape index (κ1) is 24.0. The molecular formula is C20H20ClF3IN3O2PS-. The Hall–Kier alpha value is -1.10. The fourth-order valence-corrected chi connectivity index (χ4v) is 8.08. The summed E-state index contributed by atoms with van der Waals surface area (Å²) in [7, 11) is -1.89. The third kappa shape index (κ3) is 4.60. The first-order chi connectivity index (χ1) is 14.9. The maximum atomic E-state index is 14.5. The van der Waals surface area contributed by atoms with Gasteiger partial charge in [-0.25, -0.2) is 0 Å². The van der Waals surface area contributed by atoms with Gasteiger partial charge >= 0.3 is 203 Å². The predicted molar refractivity (Wildman–Crippen MR) is 118 cm³/mol. The molecular weight excluding hydrogens is 597 g/mol. The molecule has 0 aliphatic carbocycles. The molecule has 5 nitrogen and oxygen atoms in total. The number of fused-ring (bicyclic) bond motifs is 1.